The highest BCUT2D eigenvalue weighted by Gasteiger charge is 2.16. The second-order valence-corrected chi connectivity index (χ2v) is 4.49. The molecule has 0 saturated carbocycles. The molecule has 1 saturated heterocycles. The molecule has 2 N–H and O–H groups in total. The highest BCUT2D eigenvalue weighted by molar-refractivity contribution is 5.92. The average Bonchev–Trinajstić information content (AvgIpc) is 2.88. The molecule has 1 atom stereocenters. The third-order valence-electron chi connectivity index (χ3n) is 3.32. The van der Waals surface area contributed by atoms with Crippen LogP contribution >= 0.6 is 0 Å². The molecule has 4 heteroatoms. The van der Waals surface area contributed by atoms with Gasteiger partial charge in [-0.25, -0.2) is 0 Å². The molecular weight excluding hydrogens is 202 g/mol. The van der Waals surface area contributed by atoms with E-state index < -0.39 is 0 Å². The maximum atomic E-state index is 11.9. The van der Waals surface area contributed by atoms with Gasteiger partial charge in [0.2, 0.25) is 0 Å². The van der Waals surface area contributed by atoms with E-state index in [-0.39, 0.29) is 5.91 Å². The molecular formula is C12H19N3O. The fraction of sp³-hybridized carbons (Fsp3) is 0.583. The Morgan fingerprint density at radius 1 is 1.62 bits per heavy atom. The van der Waals surface area contributed by atoms with E-state index >= 15 is 0 Å². The van der Waals surface area contributed by atoms with Crippen molar-refractivity contribution in [3.63, 3.8) is 0 Å². The van der Waals surface area contributed by atoms with Crippen LogP contribution in [0.3, 0.4) is 0 Å². The standard InChI is InChI=1S/C12H19N3O/c1-9-3-4-11(15(9)2)12(16)14-8-10-5-6-13-7-10/h3-4,10,13H,5-8H2,1-2H3,(H,14,16). The molecule has 4 nitrogen and oxygen atoms in total. The number of aromatic nitrogens is 1. The van der Waals surface area contributed by atoms with Gasteiger partial charge in [-0.05, 0) is 44.5 Å². The summed E-state index contributed by atoms with van der Waals surface area (Å²) in [5.41, 5.74) is 1.84. The van der Waals surface area contributed by atoms with Gasteiger partial charge in [-0.1, -0.05) is 0 Å². The van der Waals surface area contributed by atoms with Crippen LogP contribution in [-0.4, -0.2) is 30.1 Å². The quantitative estimate of drug-likeness (QED) is 0.788. The summed E-state index contributed by atoms with van der Waals surface area (Å²) >= 11 is 0. The molecule has 0 bridgehead atoms. The van der Waals surface area contributed by atoms with Crippen molar-refractivity contribution < 1.29 is 4.79 Å². The zero-order valence-corrected chi connectivity index (χ0v) is 9.92. The predicted octanol–water partition coefficient (Wildman–Crippen LogP) is 0.673. The Hall–Kier alpha value is -1.29. The summed E-state index contributed by atoms with van der Waals surface area (Å²) in [5.74, 6) is 0.618. The first kappa shape index (κ1) is 11.2. The number of hydrogen-bond acceptors (Lipinski definition) is 2. The van der Waals surface area contributed by atoms with Gasteiger partial charge in [0, 0.05) is 19.3 Å². The van der Waals surface area contributed by atoms with Gasteiger partial charge in [-0.2, -0.15) is 0 Å². The zero-order chi connectivity index (χ0) is 11.5. The minimum absolute atomic E-state index is 0.0301. The summed E-state index contributed by atoms with van der Waals surface area (Å²) in [6.07, 6.45) is 1.16. The molecule has 1 aliphatic heterocycles. The Bertz CT molecular complexity index is 378. The highest BCUT2D eigenvalue weighted by atomic mass is 16.1. The number of amides is 1. The second kappa shape index (κ2) is 4.70. The van der Waals surface area contributed by atoms with Crippen LogP contribution in [0.4, 0.5) is 0 Å². The van der Waals surface area contributed by atoms with E-state index in [4.69, 9.17) is 0 Å². The van der Waals surface area contributed by atoms with Crippen LogP contribution in [0.1, 0.15) is 22.6 Å². The lowest BCUT2D eigenvalue weighted by Gasteiger charge is -2.10. The summed E-state index contributed by atoms with van der Waals surface area (Å²) in [4.78, 5) is 11.9. The Labute approximate surface area is 96.0 Å². The van der Waals surface area contributed by atoms with E-state index in [9.17, 15) is 4.79 Å². The third kappa shape index (κ3) is 2.27. The number of aryl methyl sites for hydroxylation is 1. The molecule has 1 aromatic heterocycles. The maximum absolute atomic E-state index is 11.9. The van der Waals surface area contributed by atoms with Crippen LogP contribution in [0.15, 0.2) is 12.1 Å². The minimum atomic E-state index is 0.0301. The van der Waals surface area contributed by atoms with Gasteiger partial charge >= 0.3 is 0 Å². The lowest BCUT2D eigenvalue weighted by Crippen LogP contribution is -2.31. The molecule has 0 aromatic carbocycles. The average molecular weight is 221 g/mol. The van der Waals surface area contributed by atoms with Crippen molar-refractivity contribution in [2.45, 2.75) is 13.3 Å². The molecule has 1 fully saturated rings. The van der Waals surface area contributed by atoms with Crippen LogP contribution in [-0.2, 0) is 7.05 Å². The summed E-state index contributed by atoms with van der Waals surface area (Å²) < 4.78 is 1.92. The SMILES string of the molecule is Cc1ccc(C(=O)NCC2CCNC2)n1C. The Balaban J connectivity index is 1.90. The highest BCUT2D eigenvalue weighted by Crippen LogP contribution is 2.08. The third-order valence-corrected chi connectivity index (χ3v) is 3.32. The summed E-state index contributed by atoms with van der Waals surface area (Å²) in [7, 11) is 1.92. The number of hydrogen-bond donors (Lipinski definition) is 2. The van der Waals surface area contributed by atoms with E-state index in [1.165, 1.54) is 0 Å². The van der Waals surface area contributed by atoms with Crippen molar-refractivity contribution in [2.75, 3.05) is 19.6 Å². The minimum Gasteiger partial charge on any atom is -0.350 e. The van der Waals surface area contributed by atoms with Crippen LogP contribution in [0.25, 0.3) is 0 Å². The van der Waals surface area contributed by atoms with Gasteiger partial charge in [-0.15, -0.1) is 0 Å². The number of carbonyl (C=O) groups is 1. The normalized spacial score (nSPS) is 20.0. The van der Waals surface area contributed by atoms with E-state index in [1.54, 1.807) is 0 Å². The van der Waals surface area contributed by atoms with Crippen molar-refractivity contribution in [2.24, 2.45) is 13.0 Å². The first-order chi connectivity index (χ1) is 7.68. The first-order valence-electron chi connectivity index (χ1n) is 5.79. The predicted molar refractivity (Wildman–Crippen MR) is 63.5 cm³/mol. The Morgan fingerprint density at radius 3 is 3.00 bits per heavy atom. The van der Waals surface area contributed by atoms with Crippen LogP contribution < -0.4 is 10.6 Å². The molecule has 0 aliphatic carbocycles. The van der Waals surface area contributed by atoms with Gasteiger partial charge < -0.3 is 15.2 Å². The number of carbonyl (C=O) groups excluding carboxylic acids is 1. The molecule has 2 heterocycles. The molecule has 1 amide bonds. The second-order valence-electron chi connectivity index (χ2n) is 4.49. The van der Waals surface area contributed by atoms with Crippen molar-refractivity contribution >= 4 is 5.91 Å². The number of nitrogens with zero attached hydrogens (tertiary/aromatic N) is 1. The summed E-state index contributed by atoms with van der Waals surface area (Å²) in [6.45, 7) is 4.87. The van der Waals surface area contributed by atoms with E-state index in [0.717, 1.165) is 37.4 Å². The number of rotatable bonds is 3. The zero-order valence-electron chi connectivity index (χ0n) is 9.92. The van der Waals surface area contributed by atoms with Crippen LogP contribution in [0.5, 0.6) is 0 Å². The molecule has 1 unspecified atom stereocenters. The Kier molecular flexibility index (Phi) is 3.29. The fourth-order valence-electron chi connectivity index (χ4n) is 2.06. The number of nitrogens with one attached hydrogen (secondary N) is 2. The van der Waals surface area contributed by atoms with Gasteiger partial charge in [0.05, 0.1) is 0 Å². The first-order valence-corrected chi connectivity index (χ1v) is 5.79. The van der Waals surface area contributed by atoms with Gasteiger partial charge in [0.25, 0.3) is 5.91 Å². The largest absolute Gasteiger partial charge is 0.350 e. The lowest BCUT2D eigenvalue weighted by atomic mass is 10.1. The summed E-state index contributed by atoms with van der Waals surface area (Å²) in [6, 6.07) is 3.84. The smallest absolute Gasteiger partial charge is 0.267 e. The topological polar surface area (TPSA) is 46.1 Å². The van der Waals surface area contributed by atoms with Crippen molar-refractivity contribution in [3.8, 4) is 0 Å². The van der Waals surface area contributed by atoms with E-state index in [0.29, 0.717) is 5.92 Å². The monoisotopic (exact) mass is 221 g/mol. The van der Waals surface area contributed by atoms with Crippen LogP contribution in [0, 0.1) is 12.8 Å². The van der Waals surface area contributed by atoms with Gasteiger partial charge in [0.1, 0.15) is 5.69 Å². The van der Waals surface area contributed by atoms with Crippen molar-refractivity contribution in [1.29, 1.82) is 0 Å². The van der Waals surface area contributed by atoms with Crippen molar-refractivity contribution in [1.82, 2.24) is 15.2 Å². The summed E-state index contributed by atoms with van der Waals surface area (Å²) in [5, 5.41) is 6.29. The molecule has 0 spiro atoms. The van der Waals surface area contributed by atoms with Crippen molar-refractivity contribution in [3.05, 3.63) is 23.5 Å². The fourth-order valence-corrected chi connectivity index (χ4v) is 2.06. The van der Waals surface area contributed by atoms with Gasteiger partial charge in [0.15, 0.2) is 0 Å². The molecule has 16 heavy (non-hydrogen) atoms. The van der Waals surface area contributed by atoms with E-state index in [1.807, 2.05) is 30.7 Å². The van der Waals surface area contributed by atoms with E-state index in [2.05, 4.69) is 10.6 Å². The molecule has 2 rings (SSSR count). The molecule has 88 valence electrons. The molecule has 1 aliphatic rings. The lowest BCUT2D eigenvalue weighted by molar-refractivity contribution is 0.0940. The Morgan fingerprint density at radius 2 is 2.44 bits per heavy atom. The van der Waals surface area contributed by atoms with Crippen LogP contribution in [0.2, 0.25) is 0 Å². The molecule has 0 radical (unpaired) electrons. The molecule has 1 aromatic rings. The maximum Gasteiger partial charge on any atom is 0.267 e. The van der Waals surface area contributed by atoms with Gasteiger partial charge in [-0.3, -0.25) is 4.79 Å².